The van der Waals surface area contributed by atoms with Crippen molar-refractivity contribution in [1.29, 1.82) is 0 Å². The summed E-state index contributed by atoms with van der Waals surface area (Å²) in [6, 6.07) is 11.6. The predicted octanol–water partition coefficient (Wildman–Crippen LogP) is 2.93. The Morgan fingerprint density at radius 3 is 2.69 bits per heavy atom. The van der Waals surface area contributed by atoms with Gasteiger partial charge in [-0.1, -0.05) is 29.6 Å². The Kier molecular flexibility index (Phi) is 6.24. The first-order chi connectivity index (χ1) is 12.7. The van der Waals surface area contributed by atoms with Crippen molar-refractivity contribution in [1.82, 2.24) is 25.1 Å². The van der Waals surface area contributed by atoms with Gasteiger partial charge < -0.3 is 5.32 Å². The summed E-state index contributed by atoms with van der Waals surface area (Å²) in [6.07, 6.45) is 3.57. The molecule has 0 saturated carbocycles. The topological polar surface area (TPSA) is 72.7 Å². The molecule has 0 aliphatic heterocycles. The molecule has 0 aliphatic rings. The lowest BCUT2D eigenvalue weighted by Crippen LogP contribution is -2.26. The number of nitrogens with zero attached hydrogens (tertiary/aromatic N) is 4. The highest BCUT2D eigenvalue weighted by molar-refractivity contribution is 7.99. The largest absolute Gasteiger partial charge is 0.348 e. The normalized spacial score (nSPS) is 10.7. The molecule has 2 aromatic heterocycles. The number of carbonyl (C=O) groups is 1. The first-order valence-corrected chi connectivity index (χ1v) is 9.93. The fraction of sp³-hybridized carbons (Fsp3) is 0.176. The molecular weight excluding hydrogens is 373 g/mol. The number of carbonyl (C=O) groups excluding carboxylic acids is 1. The molecular formula is C17H16FN5OS2. The van der Waals surface area contributed by atoms with Gasteiger partial charge in [-0.15, -0.1) is 10.2 Å². The molecule has 1 amide bonds. The van der Waals surface area contributed by atoms with Crippen LogP contribution < -0.4 is 5.32 Å². The Hall–Kier alpha value is -2.39. The number of thioether (sulfide) groups is 2. The standard InChI is InChI=1S/C17H16FN5OS2/c1-25-17-22-21-14(23(17)13-7-5-12(18)6-8-13)10-20-15(24)11-26-16-4-2-3-9-19-16/h2-9H,10-11H2,1H3,(H,20,24). The van der Waals surface area contributed by atoms with Gasteiger partial charge in [-0.05, 0) is 42.7 Å². The van der Waals surface area contributed by atoms with E-state index in [9.17, 15) is 9.18 Å². The second-order valence-corrected chi connectivity index (χ2v) is 6.92. The highest BCUT2D eigenvalue weighted by Crippen LogP contribution is 2.20. The van der Waals surface area contributed by atoms with E-state index in [4.69, 9.17) is 0 Å². The Morgan fingerprint density at radius 2 is 2.00 bits per heavy atom. The minimum absolute atomic E-state index is 0.125. The van der Waals surface area contributed by atoms with E-state index in [1.165, 1.54) is 35.7 Å². The number of amides is 1. The van der Waals surface area contributed by atoms with Crippen LogP contribution in [-0.4, -0.2) is 37.7 Å². The lowest BCUT2D eigenvalue weighted by molar-refractivity contribution is -0.118. The minimum Gasteiger partial charge on any atom is -0.348 e. The summed E-state index contributed by atoms with van der Waals surface area (Å²) in [5.74, 6) is 0.406. The van der Waals surface area contributed by atoms with E-state index in [-0.39, 0.29) is 24.0 Å². The molecule has 0 atom stereocenters. The van der Waals surface area contributed by atoms with Crippen molar-refractivity contribution in [2.45, 2.75) is 16.7 Å². The summed E-state index contributed by atoms with van der Waals surface area (Å²) in [7, 11) is 0. The van der Waals surface area contributed by atoms with E-state index in [0.717, 1.165) is 10.7 Å². The molecule has 3 aromatic rings. The number of halogens is 1. The smallest absolute Gasteiger partial charge is 0.230 e. The first kappa shape index (κ1) is 18.4. The molecule has 0 unspecified atom stereocenters. The molecule has 0 saturated heterocycles. The quantitative estimate of drug-likeness (QED) is 0.627. The summed E-state index contributed by atoms with van der Waals surface area (Å²) < 4.78 is 15.0. The monoisotopic (exact) mass is 389 g/mol. The number of aromatic nitrogens is 4. The molecule has 134 valence electrons. The fourth-order valence-corrected chi connectivity index (χ4v) is 3.40. The van der Waals surface area contributed by atoms with Crippen LogP contribution >= 0.6 is 23.5 Å². The van der Waals surface area contributed by atoms with Gasteiger partial charge in [0, 0.05) is 11.9 Å². The molecule has 0 radical (unpaired) electrons. The first-order valence-electron chi connectivity index (χ1n) is 7.72. The highest BCUT2D eigenvalue weighted by atomic mass is 32.2. The predicted molar refractivity (Wildman–Crippen MR) is 99.9 cm³/mol. The maximum Gasteiger partial charge on any atom is 0.230 e. The van der Waals surface area contributed by atoms with Crippen LogP contribution in [0.25, 0.3) is 5.69 Å². The van der Waals surface area contributed by atoms with Crippen molar-refractivity contribution in [3.8, 4) is 5.69 Å². The van der Waals surface area contributed by atoms with Crippen molar-refractivity contribution in [3.63, 3.8) is 0 Å². The van der Waals surface area contributed by atoms with E-state index >= 15 is 0 Å². The third kappa shape index (κ3) is 4.61. The second-order valence-electron chi connectivity index (χ2n) is 5.15. The van der Waals surface area contributed by atoms with Gasteiger partial charge in [0.2, 0.25) is 5.91 Å². The third-order valence-corrected chi connectivity index (χ3v) is 4.97. The molecule has 0 aliphatic carbocycles. The summed E-state index contributed by atoms with van der Waals surface area (Å²) in [4.78, 5) is 16.3. The summed E-state index contributed by atoms with van der Waals surface area (Å²) in [6.45, 7) is 0.229. The van der Waals surface area contributed by atoms with Crippen LogP contribution in [0.5, 0.6) is 0 Å². The molecule has 0 spiro atoms. The Labute approximate surface area is 158 Å². The molecule has 1 aromatic carbocycles. The zero-order valence-corrected chi connectivity index (χ0v) is 15.6. The van der Waals surface area contributed by atoms with E-state index in [2.05, 4.69) is 20.5 Å². The van der Waals surface area contributed by atoms with Gasteiger partial charge in [-0.25, -0.2) is 9.37 Å². The van der Waals surface area contributed by atoms with Gasteiger partial charge >= 0.3 is 0 Å². The molecule has 0 fully saturated rings. The van der Waals surface area contributed by atoms with Crippen LogP contribution in [0.4, 0.5) is 4.39 Å². The van der Waals surface area contributed by atoms with Crippen LogP contribution in [0.3, 0.4) is 0 Å². The lowest BCUT2D eigenvalue weighted by atomic mass is 10.3. The van der Waals surface area contributed by atoms with E-state index in [1.54, 1.807) is 22.9 Å². The number of hydrogen-bond donors (Lipinski definition) is 1. The van der Waals surface area contributed by atoms with Crippen LogP contribution in [0, 0.1) is 5.82 Å². The van der Waals surface area contributed by atoms with E-state index < -0.39 is 0 Å². The van der Waals surface area contributed by atoms with Crippen molar-refractivity contribution < 1.29 is 9.18 Å². The van der Waals surface area contributed by atoms with Gasteiger partial charge in [0.15, 0.2) is 11.0 Å². The number of hydrogen-bond acceptors (Lipinski definition) is 6. The molecule has 26 heavy (non-hydrogen) atoms. The third-order valence-electron chi connectivity index (χ3n) is 3.40. The SMILES string of the molecule is CSc1nnc(CNC(=O)CSc2ccccn2)n1-c1ccc(F)cc1. The minimum atomic E-state index is -0.311. The zero-order chi connectivity index (χ0) is 18.4. The molecule has 1 N–H and O–H groups in total. The average Bonchev–Trinajstić information content (AvgIpc) is 3.09. The molecule has 9 heteroatoms. The molecule has 6 nitrogen and oxygen atoms in total. The maximum atomic E-state index is 13.2. The van der Waals surface area contributed by atoms with Gasteiger partial charge in [-0.3, -0.25) is 9.36 Å². The number of pyridine rings is 1. The van der Waals surface area contributed by atoms with Gasteiger partial charge in [0.05, 0.1) is 17.3 Å². The molecule has 2 heterocycles. The van der Waals surface area contributed by atoms with E-state index in [1.807, 2.05) is 24.5 Å². The van der Waals surface area contributed by atoms with Crippen molar-refractivity contribution >= 4 is 29.4 Å². The fourth-order valence-electron chi connectivity index (χ4n) is 2.20. The Bertz CT molecular complexity index is 871. The molecule has 3 rings (SSSR count). The van der Waals surface area contributed by atoms with Gasteiger partial charge in [-0.2, -0.15) is 0 Å². The Balaban J connectivity index is 1.65. The lowest BCUT2D eigenvalue weighted by Gasteiger charge is -2.10. The van der Waals surface area contributed by atoms with Gasteiger partial charge in [0.25, 0.3) is 0 Å². The maximum absolute atomic E-state index is 13.2. The molecule has 0 bridgehead atoms. The highest BCUT2D eigenvalue weighted by Gasteiger charge is 2.14. The Morgan fingerprint density at radius 1 is 1.19 bits per heavy atom. The number of benzene rings is 1. The van der Waals surface area contributed by atoms with Gasteiger partial charge in [0.1, 0.15) is 5.82 Å². The van der Waals surface area contributed by atoms with E-state index in [0.29, 0.717) is 11.0 Å². The second kappa shape index (κ2) is 8.81. The average molecular weight is 389 g/mol. The van der Waals surface area contributed by atoms with Crippen molar-refractivity contribution in [2.24, 2.45) is 0 Å². The van der Waals surface area contributed by atoms with Crippen LogP contribution in [0.15, 0.2) is 58.8 Å². The van der Waals surface area contributed by atoms with Crippen molar-refractivity contribution in [2.75, 3.05) is 12.0 Å². The number of rotatable bonds is 7. The van der Waals surface area contributed by atoms with Crippen molar-refractivity contribution in [3.05, 3.63) is 60.3 Å². The summed E-state index contributed by atoms with van der Waals surface area (Å²) >= 11 is 2.79. The summed E-state index contributed by atoms with van der Waals surface area (Å²) in [5.41, 5.74) is 0.743. The summed E-state index contributed by atoms with van der Waals surface area (Å²) in [5, 5.41) is 12.6. The number of nitrogens with one attached hydrogen (secondary N) is 1. The van der Waals surface area contributed by atoms with Crippen LogP contribution in [0.1, 0.15) is 5.82 Å². The van der Waals surface area contributed by atoms with Crippen LogP contribution in [0.2, 0.25) is 0 Å². The zero-order valence-electron chi connectivity index (χ0n) is 13.9. The van der Waals surface area contributed by atoms with Crippen LogP contribution in [-0.2, 0) is 11.3 Å².